The van der Waals surface area contributed by atoms with Gasteiger partial charge < -0.3 is 14.5 Å². The van der Waals surface area contributed by atoms with E-state index in [1.54, 1.807) is 13.8 Å². The molecule has 7 nitrogen and oxygen atoms in total. The van der Waals surface area contributed by atoms with E-state index in [0.717, 1.165) is 31.0 Å². The van der Waals surface area contributed by atoms with Gasteiger partial charge in [0.05, 0.1) is 53.1 Å². The zero-order valence-electron chi connectivity index (χ0n) is 28.4. The molecule has 2 aliphatic heterocycles. The maximum absolute atomic E-state index is 14.1. The number of piperidine rings is 1. The van der Waals surface area contributed by atoms with Crippen LogP contribution < -0.4 is 14.7 Å². The average molecular weight is 732 g/mol. The molecule has 0 bridgehead atoms. The summed E-state index contributed by atoms with van der Waals surface area (Å²) < 4.78 is 131. The molecule has 1 saturated heterocycles. The van der Waals surface area contributed by atoms with Crippen molar-refractivity contribution in [3.8, 4) is 0 Å². The summed E-state index contributed by atoms with van der Waals surface area (Å²) in [5.74, 6) is -0.130. The summed E-state index contributed by atoms with van der Waals surface area (Å²) >= 11 is 0. The highest BCUT2D eigenvalue weighted by Gasteiger charge is 2.43. The second-order valence-corrected chi connectivity index (χ2v) is 13.6. The molecule has 0 spiro atoms. The average Bonchev–Trinajstić information content (AvgIpc) is 3.05. The summed E-state index contributed by atoms with van der Waals surface area (Å²) in [5.41, 5.74) is -3.79. The van der Waals surface area contributed by atoms with Crippen molar-refractivity contribution in [3.05, 3.63) is 76.6 Å². The number of rotatable bonds is 7. The molecule has 1 fully saturated rings. The Hall–Kier alpha value is -4.24. The molecule has 1 amide bonds. The van der Waals surface area contributed by atoms with Crippen LogP contribution in [0.4, 0.5) is 61.6 Å². The highest BCUT2D eigenvalue weighted by molar-refractivity contribution is 5.90. The maximum Gasteiger partial charge on any atom is 0.416 e. The third kappa shape index (κ3) is 8.46. The molecule has 0 saturated carbocycles. The van der Waals surface area contributed by atoms with Crippen molar-refractivity contribution in [2.45, 2.75) is 90.5 Å². The molecule has 2 aliphatic rings. The zero-order valence-corrected chi connectivity index (χ0v) is 28.4. The Morgan fingerprint density at radius 3 is 1.94 bits per heavy atom. The van der Waals surface area contributed by atoms with Crippen LogP contribution in [0.5, 0.6) is 0 Å². The fourth-order valence-corrected chi connectivity index (χ4v) is 6.61. The van der Waals surface area contributed by atoms with Crippen molar-refractivity contribution in [3.63, 3.8) is 0 Å². The van der Waals surface area contributed by atoms with Crippen LogP contribution in [0.25, 0.3) is 0 Å². The van der Waals surface area contributed by atoms with Crippen molar-refractivity contribution in [1.82, 2.24) is 9.97 Å². The molecule has 16 heteroatoms. The minimum Gasteiger partial charge on any atom is -0.449 e. The molecule has 1 aromatic heterocycles. The Morgan fingerprint density at radius 1 is 0.863 bits per heavy atom. The van der Waals surface area contributed by atoms with Crippen molar-refractivity contribution in [1.29, 1.82) is 0 Å². The van der Waals surface area contributed by atoms with Crippen LogP contribution >= 0.6 is 0 Å². The van der Waals surface area contributed by atoms with Gasteiger partial charge in [-0.1, -0.05) is 20.8 Å². The van der Waals surface area contributed by atoms with Crippen LogP contribution in [0.15, 0.2) is 48.8 Å². The Kier molecular flexibility index (Phi) is 10.5. The number of ether oxygens (including phenoxy) is 1. The topological polar surface area (TPSA) is 61.8 Å². The van der Waals surface area contributed by atoms with E-state index in [1.165, 1.54) is 22.2 Å². The smallest absolute Gasteiger partial charge is 0.416 e. The van der Waals surface area contributed by atoms with Gasteiger partial charge in [-0.05, 0) is 85.5 Å². The first kappa shape index (κ1) is 38.0. The van der Waals surface area contributed by atoms with E-state index in [1.807, 2.05) is 0 Å². The molecule has 51 heavy (non-hydrogen) atoms. The van der Waals surface area contributed by atoms with Crippen LogP contribution in [-0.4, -0.2) is 41.8 Å². The number of benzene rings is 2. The fraction of sp³-hybridized carbons (Fsp3) is 0.514. The minimum absolute atomic E-state index is 0.00882. The van der Waals surface area contributed by atoms with Gasteiger partial charge in [-0.15, -0.1) is 0 Å². The lowest BCUT2D eigenvalue weighted by Gasteiger charge is -2.44. The van der Waals surface area contributed by atoms with E-state index in [2.05, 4.69) is 28.7 Å². The van der Waals surface area contributed by atoms with Crippen LogP contribution in [0.1, 0.15) is 87.2 Å². The van der Waals surface area contributed by atoms with Gasteiger partial charge in [0.25, 0.3) is 0 Å². The molecule has 0 unspecified atom stereocenters. The number of hydrogen-bond acceptors (Lipinski definition) is 6. The third-order valence-electron chi connectivity index (χ3n) is 9.51. The zero-order chi connectivity index (χ0) is 37.5. The molecule has 3 heterocycles. The summed E-state index contributed by atoms with van der Waals surface area (Å²) in [7, 11) is 0. The minimum atomic E-state index is -5.13. The third-order valence-corrected chi connectivity index (χ3v) is 9.51. The lowest BCUT2D eigenvalue weighted by Crippen LogP contribution is -2.48. The van der Waals surface area contributed by atoms with E-state index in [4.69, 9.17) is 4.74 Å². The molecular weight excluding hydrogens is 693 g/mol. The lowest BCUT2D eigenvalue weighted by atomic mass is 9.82. The molecular formula is C35H38F9N5O2. The summed E-state index contributed by atoms with van der Waals surface area (Å²) in [5, 5.41) is 0. The molecule has 0 N–H and O–H groups in total. The van der Waals surface area contributed by atoms with Gasteiger partial charge in [0.15, 0.2) is 0 Å². The van der Waals surface area contributed by atoms with E-state index < -0.39 is 65.5 Å². The van der Waals surface area contributed by atoms with E-state index >= 15 is 0 Å². The van der Waals surface area contributed by atoms with Gasteiger partial charge in [-0.3, -0.25) is 4.90 Å². The highest BCUT2D eigenvalue weighted by atomic mass is 19.4. The molecule has 0 radical (unpaired) electrons. The van der Waals surface area contributed by atoms with Crippen LogP contribution in [0, 0.1) is 5.41 Å². The number of anilines is 3. The van der Waals surface area contributed by atoms with E-state index in [9.17, 15) is 44.3 Å². The van der Waals surface area contributed by atoms with Gasteiger partial charge in [-0.25, -0.2) is 14.8 Å². The van der Waals surface area contributed by atoms with Crippen molar-refractivity contribution in [2.24, 2.45) is 5.41 Å². The normalized spacial score (nSPS) is 19.5. The standard InChI is InChI=1S/C35H38F9N5O2/c1-5-25-17-29(27-16-22(33(36,37)38)7-8-28(27)49(25)31(50)51-6-2)48(20-21-13-23(34(39,40)41)15-24(14-21)35(42,43)44)30-45-18-26(19-46-30)47-11-9-32(3,4)10-12-47/h7-8,13-16,18-19,25,29H,5-6,9-12,17,20H2,1-4H3/t25-,29+/m1/s1. The summed E-state index contributed by atoms with van der Waals surface area (Å²) in [6.45, 7) is 8.34. The Bertz CT molecular complexity index is 1670. The van der Waals surface area contributed by atoms with E-state index in [-0.39, 0.29) is 48.1 Å². The second-order valence-electron chi connectivity index (χ2n) is 13.6. The Balaban J connectivity index is 1.68. The highest BCUT2D eigenvalue weighted by Crippen LogP contribution is 2.46. The van der Waals surface area contributed by atoms with Crippen LogP contribution in [0.3, 0.4) is 0 Å². The molecule has 2 atom stereocenters. The summed E-state index contributed by atoms with van der Waals surface area (Å²) in [6.07, 6.45) is -10.9. The molecule has 0 aliphatic carbocycles. The Labute approximate surface area is 289 Å². The van der Waals surface area contributed by atoms with Crippen LogP contribution in [0.2, 0.25) is 0 Å². The number of alkyl halides is 9. The number of carbonyl (C=O) groups is 1. The van der Waals surface area contributed by atoms with Gasteiger partial charge in [0.1, 0.15) is 0 Å². The van der Waals surface area contributed by atoms with Gasteiger partial charge in [-0.2, -0.15) is 39.5 Å². The van der Waals surface area contributed by atoms with Crippen molar-refractivity contribution < 1.29 is 49.0 Å². The number of aromatic nitrogens is 2. The predicted molar refractivity (Wildman–Crippen MR) is 172 cm³/mol. The molecule has 278 valence electrons. The first-order valence-electron chi connectivity index (χ1n) is 16.5. The first-order chi connectivity index (χ1) is 23.7. The number of nitrogens with zero attached hydrogens (tertiary/aromatic N) is 5. The van der Waals surface area contributed by atoms with Gasteiger partial charge in [0, 0.05) is 25.7 Å². The van der Waals surface area contributed by atoms with Crippen molar-refractivity contribution in [2.75, 3.05) is 34.4 Å². The predicted octanol–water partition coefficient (Wildman–Crippen LogP) is 10.1. The number of hydrogen-bond donors (Lipinski definition) is 0. The second kappa shape index (κ2) is 14.1. The summed E-state index contributed by atoms with van der Waals surface area (Å²) in [6, 6.07) is 2.12. The fourth-order valence-electron chi connectivity index (χ4n) is 6.61. The van der Waals surface area contributed by atoms with Crippen LogP contribution in [-0.2, 0) is 29.8 Å². The number of fused-ring (bicyclic) bond motifs is 1. The van der Waals surface area contributed by atoms with Crippen molar-refractivity contribution >= 4 is 23.4 Å². The van der Waals surface area contributed by atoms with Gasteiger partial charge >= 0.3 is 24.6 Å². The maximum atomic E-state index is 14.1. The Morgan fingerprint density at radius 2 is 1.43 bits per heavy atom. The number of halogens is 9. The molecule has 3 aromatic rings. The SMILES string of the molecule is CCOC(=O)N1c2ccc(C(F)(F)F)cc2[C@@H](N(Cc2cc(C(F)(F)F)cc(C(F)(F)F)c2)c2ncc(N3CCC(C)(C)CC3)cn2)C[C@H]1CC. The monoisotopic (exact) mass is 731 g/mol. The number of amides is 1. The lowest BCUT2D eigenvalue weighted by molar-refractivity contribution is -0.143. The number of carbonyl (C=O) groups excluding carboxylic acids is 1. The van der Waals surface area contributed by atoms with Gasteiger partial charge in [0.2, 0.25) is 5.95 Å². The largest absolute Gasteiger partial charge is 0.449 e. The molecule has 5 rings (SSSR count). The quantitative estimate of drug-likeness (QED) is 0.226. The summed E-state index contributed by atoms with van der Waals surface area (Å²) in [4.78, 5) is 26.7. The first-order valence-corrected chi connectivity index (χ1v) is 16.5. The molecule has 2 aromatic carbocycles. The van der Waals surface area contributed by atoms with E-state index in [0.29, 0.717) is 30.9 Å².